The van der Waals surface area contributed by atoms with Gasteiger partial charge in [-0.1, -0.05) is 44.2 Å². The Kier molecular flexibility index (Phi) is 11.4. The lowest BCUT2D eigenvalue weighted by atomic mass is 10.00. The molecule has 0 bridgehead atoms. The van der Waals surface area contributed by atoms with Crippen LogP contribution >= 0.6 is 0 Å². The fourth-order valence-electron chi connectivity index (χ4n) is 4.57. The normalized spacial score (nSPS) is 20.8. The van der Waals surface area contributed by atoms with Gasteiger partial charge in [0.2, 0.25) is 18.1 Å². The average Bonchev–Trinajstić information content (AvgIpc) is 3.29. The number of amides is 4. The minimum absolute atomic E-state index is 0.0735. The maximum atomic E-state index is 13.9. The van der Waals surface area contributed by atoms with Crippen molar-refractivity contribution in [2.45, 2.75) is 84.4 Å². The minimum atomic E-state index is -0.988. The van der Waals surface area contributed by atoms with Gasteiger partial charge in [-0.2, -0.15) is 0 Å². The summed E-state index contributed by atoms with van der Waals surface area (Å²) in [6.07, 6.45) is -1.51. The molecule has 228 valence electrons. The number of alkyl carbamates (subject to hydrolysis) is 1. The summed E-state index contributed by atoms with van der Waals surface area (Å²) in [6.45, 7) is 12.2. The Morgan fingerprint density at radius 3 is 2.29 bits per heavy atom. The number of benzene rings is 1. The van der Waals surface area contributed by atoms with Gasteiger partial charge >= 0.3 is 12.2 Å². The summed E-state index contributed by atoms with van der Waals surface area (Å²) < 4.78 is 22.2. The minimum Gasteiger partial charge on any atom is -0.444 e. The summed E-state index contributed by atoms with van der Waals surface area (Å²) in [4.78, 5) is 55.1. The van der Waals surface area contributed by atoms with Crippen LogP contribution < -0.4 is 10.6 Å². The SMILES string of the molecule is CC(C)C[C@H](NC(=O)[C@H](C)NC(=O)OC(C)(C)C)C(=O)N1CO[C@@H](OC(=O)N2CCOCC2)[C@@H]1Cc1ccccc1. The first-order valence-electron chi connectivity index (χ1n) is 14.1. The molecule has 0 spiro atoms. The van der Waals surface area contributed by atoms with Crippen LogP contribution in [0.3, 0.4) is 0 Å². The highest BCUT2D eigenvalue weighted by molar-refractivity contribution is 5.91. The van der Waals surface area contributed by atoms with Crippen LogP contribution in [0.2, 0.25) is 0 Å². The number of ether oxygens (including phenoxy) is 4. The number of carbonyl (C=O) groups is 4. The maximum Gasteiger partial charge on any atom is 0.412 e. The highest BCUT2D eigenvalue weighted by Crippen LogP contribution is 2.25. The number of carbonyl (C=O) groups excluding carboxylic acids is 4. The number of rotatable bonds is 9. The lowest BCUT2D eigenvalue weighted by Gasteiger charge is -2.31. The number of morpholine rings is 1. The standard InChI is InChI=1S/C29H44N4O8/c1-19(2)16-22(31-24(34)20(3)30-27(36)41-29(4,5)6)25(35)33-18-39-26(23(33)17-21-10-8-7-9-11-21)40-28(37)32-12-14-38-15-13-32/h7-11,19-20,22-23,26H,12-18H2,1-6H3,(H,30,36)(H,31,34)/t20-,22-,23-,26-/m0/s1. The van der Waals surface area contributed by atoms with E-state index < -0.39 is 48.1 Å². The summed E-state index contributed by atoms with van der Waals surface area (Å²) in [5, 5.41) is 5.31. The molecule has 12 nitrogen and oxygen atoms in total. The van der Waals surface area contributed by atoms with E-state index in [-0.39, 0.29) is 18.6 Å². The predicted octanol–water partition coefficient (Wildman–Crippen LogP) is 2.65. The quantitative estimate of drug-likeness (QED) is 0.458. The summed E-state index contributed by atoms with van der Waals surface area (Å²) in [7, 11) is 0. The molecule has 1 aromatic carbocycles. The van der Waals surface area contributed by atoms with E-state index in [0.29, 0.717) is 39.1 Å². The molecule has 4 atom stereocenters. The molecular weight excluding hydrogens is 532 g/mol. The third-order valence-corrected chi connectivity index (χ3v) is 6.60. The number of hydrogen-bond donors (Lipinski definition) is 2. The fourth-order valence-corrected chi connectivity index (χ4v) is 4.57. The lowest BCUT2D eigenvalue weighted by Crippen LogP contribution is -2.56. The molecule has 2 heterocycles. The highest BCUT2D eigenvalue weighted by atomic mass is 16.7. The van der Waals surface area contributed by atoms with E-state index in [9.17, 15) is 19.2 Å². The summed E-state index contributed by atoms with van der Waals surface area (Å²) in [5.41, 5.74) is 0.217. The molecule has 0 unspecified atom stereocenters. The molecule has 4 amide bonds. The Labute approximate surface area is 242 Å². The van der Waals surface area contributed by atoms with Crippen molar-refractivity contribution in [3.63, 3.8) is 0 Å². The molecule has 0 aliphatic carbocycles. The van der Waals surface area contributed by atoms with Crippen molar-refractivity contribution in [2.24, 2.45) is 5.92 Å². The van der Waals surface area contributed by atoms with E-state index in [1.165, 1.54) is 11.8 Å². The van der Waals surface area contributed by atoms with Crippen molar-refractivity contribution >= 4 is 24.0 Å². The molecule has 2 saturated heterocycles. The Morgan fingerprint density at radius 2 is 1.68 bits per heavy atom. The van der Waals surface area contributed by atoms with Crippen molar-refractivity contribution < 1.29 is 38.1 Å². The van der Waals surface area contributed by atoms with Gasteiger partial charge < -0.3 is 39.4 Å². The van der Waals surface area contributed by atoms with Gasteiger partial charge in [-0.3, -0.25) is 9.59 Å². The van der Waals surface area contributed by atoms with Crippen LogP contribution in [0.5, 0.6) is 0 Å². The van der Waals surface area contributed by atoms with Gasteiger partial charge in [0, 0.05) is 13.1 Å². The van der Waals surface area contributed by atoms with Gasteiger partial charge in [0.05, 0.1) is 13.2 Å². The molecular formula is C29H44N4O8. The molecule has 0 radical (unpaired) electrons. The fraction of sp³-hybridized carbons (Fsp3) is 0.655. The summed E-state index contributed by atoms with van der Waals surface area (Å²) in [5.74, 6) is -0.809. The monoisotopic (exact) mass is 576 g/mol. The van der Waals surface area contributed by atoms with Crippen molar-refractivity contribution in [1.29, 1.82) is 0 Å². The van der Waals surface area contributed by atoms with E-state index in [0.717, 1.165) is 5.56 Å². The first-order chi connectivity index (χ1) is 19.3. The van der Waals surface area contributed by atoms with Crippen molar-refractivity contribution in [3.8, 4) is 0 Å². The molecule has 2 aliphatic heterocycles. The number of nitrogens with one attached hydrogen (secondary N) is 2. The van der Waals surface area contributed by atoms with E-state index in [1.54, 1.807) is 25.7 Å². The zero-order valence-electron chi connectivity index (χ0n) is 24.9. The Bertz CT molecular complexity index is 1040. The second-order valence-corrected chi connectivity index (χ2v) is 11.8. The Balaban J connectivity index is 1.75. The van der Waals surface area contributed by atoms with Crippen LogP contribution in [-0.2, 0) is 35.0 Å². The first kappa shape index (κ1) is 32.1. The lowest BCUT2D eigenvalue weighted by molar-refractivity contribution is -0.139. The molecule has 1 aromatic rings. The van der Waals surface area contributed by atoms with E-state index in [2.05, 4.69) is 10.6 Å². The van der Waals surface area contributed by atoms with E-state index in [4.69, 9.17) is 18.9 Å². The van der Waals surface area contributed by atoms with Gasteiger partial charge in [0.25, 0.3) is 0 Å². The van der Waals surface area contributed by atoms with Gasteiger partial charge in [0.1, 0.15) is 30.5 Å². The summed E-state index contributed by atoms with van der Waals surface area (Å²) in [6, 6.07) is 7.11. The Hall–Kier alpha value is -3.38. The molecule has 0 saturated carbocycles. The Morgan fingerprint density at radius 1 is 1.02 bits per heavy atom. The van der Waals surface area contributed by atoms with Gasteiger partial charge in [-0.25, -0.2) is 9.59 Å². The average molecular weight is 577 g/mol. The van der Waals surface area contributed by atoms with Crippen LogP contribution in [0.15, 0.2) is 30.3 Å². The molecule has 2 aliphatic rings. The number of hydrogen-bond acceptors (Lipinski definition) is 8. The van der Waals surface area contributed by atoms with Gasteiger partial charge in [-0.15, -0.1) is 0 Å². The zero-order valence-corrected chi connectivity index (χ0v) is 24.9. The zero-order chi connectivity index (χ0) is 30.2. The third kappa shape index (κ3) is 9.89. The van der Waals surface area contributed by atoms with Crippen molar-refractivity contribution in [1.82, 2.24) is 20.4 Å². The van der Waals surface area contributed by atoms with E-state index in [1.807, 2.05) is 44.2 Å². The van der Waals surface area contributed by atoms with Crippen LogP contribution in [0.4, 0.5) is 9.59 Å². The van der Waals surface area contributed by atoms with E-state index >= 15 is 0 Å². The predicted molar refractivity (Wildman–Crippen MR) is 150 cm³/mol. The molecule has 3 rings (SSSR count). The van der Waals surface area contributed by atoms with Crippen molar-refractivity contribution in [2.75, 3.05) is 33.0 Å². The molecule has 2 N–H and O–H groups in total. The van der Waals surface area contributed by atoms with Gasteiger partial charge in [-0.05, 0) is 52.0 Å². The maximum absolute atomic E-state index is 13.9. The van der Waals surface area contributed by atoms with Gasteiger partial charge in [0.15, 0.2) is 0 Å². The van der Waals surface area contributed by atoms with Crippen LogP contribution in [-0.4, -0.2) is 96.9 Å². The van der Waals surface area contributed by atoms with Crippen molar-refractivity contribution in [3.05, 3.63) is 35.9 Å². The highest BCUT2D eigenvalue weighted by Gasteiger charge is 2.43. The largest absolute Gasteiger partial charge is 0.444 e. The van der Waals surface area contributed by atoms with Crippen LogP contribution in [0.25, 0.3) is 0 Å². The molecule has 12 heteroatoms. The number of nitrogens with zero attached hydrogens (tertiary/aromatic N) is 2. The molecule has 41 heavy (non-hydrogen) atoms. The topological polar surface area (TPSA) is 136 Å². The third-order valence-electron chi connectivity index (χ3n) is 6.60. The summed E-state index contributed by atoms with van der Waals surface area (Å²) >= 11 is 0. The second kappa shape index (κ2) is 14.5. The van der Waals surface area contributed by atoms with Crippen LogP contribution in [0, 0.1) is 5.92 Å². The first-order valence-corrected chi connectivity index (χ1v) is 14.1. The smallest absolute Gasteiger partial charge is 0.412 e. The second-order valence-electron chi connectivity index (χ2n) is 11.8. The molecule has 0 aromatic heterocycles. The van der Waals surface area contributed by atoms with Crippen LogP contribution in [0.1, 0.15) is 53.5 Å². The molecule has 2 fully saturated rings.